The molecule has 0 unspecified atom stereocenters. The molecule has 108 valence electrons. The van der Waals surface area contributed by atoms with Gasteiger partial charge in [0.2, 0.25) is 0 Å². The van der Waals surface area contributed by atoms with Gasteiger partial charge in [0.25, 0.3) is 0 Å². The van der Waals surface area contributed by atoms with E-state index < -0.39 is 8.32 Å². The molecule has 5 heteroatoms. The fourth-order valence-electron chi connectivity index (χ4n) is 1.42. The summed E-state index contributed by atoms with van der Waals surface area (Å²) in [7, 11) is -1.71. The average Bonchev–Trinajstić information content (AvgIpc) is 2.34. The van der Waals surface area contributed by atoms with E-state index in [1.165, 1.54) is 0 Å². The highest BCUT2D eigenvalue weighted by Gasteiger charge is 2.37. The molecule has 1 rings (SSSR count). The molecule has 0 aliphatic heterocycles. The predicted molar refractivity (Wildman–Crippen MR) is 85.2 cm³/mol. The van der Waals surface area contributed by atoms with Gasteiger partial charge in [0.15, 0.2) is 13.5 Å². The van der Waals surface area contributed by atoms with E-state index in [1.54, 1.807) is 11.8 Å². The highest BCUT2D eigenvalue weighted by Crippen LogP contribution is 2.37. The second kappa shape index (κ2) is 6.37. The molecule has 3 nitrogen and oxygen atoms in total. The van der Waals surface area contributed by atoms with Crippen molar-refractivity contribution in [1.29, 1.82) is 0 Å². The minimum Gasteiger partial charge on any atom is -0.412 e. The largest absolute Gasteiger partial charge is 0.412 e. The molecule has 0 saturated carbocycles. The smallest absolute Gasteiger partial charge is 0.192 e. The Bertz CT molecular complexity index is 430. The van der Waals surface area contributed by atoms with Gasteiger partial charge in [0.05, 0.1) is 12.3 Å². The van der Waals surface area contributed by atoms with Crippen LogP contribution in [0.4, 0.5) is 0 Å². The molecular weight excluding hydrogens is 272 g/mol. The van der Waals surface area contributed by atoms with Crippen LogP contribution in [0.3, 0.4) is 0 Å². The van der Waals surface area contributed by atoms with Crippen molar-refractivity contribution in [1.82, 2.24) is 9.97 Å². The van der Waals surface area contributed by atoms with Gasteiger partial charge in [-0.3, -0.25) is 0 Å². The van der Waals surface area contributed by atoms with Gasteiger partial charge >= 0.3 is 0 Å². The van der Waals surface area contributed by atoms with Crippen molar-refractivity contribution in [3.8, 4) is 0 Å². The van der Waals surface area contributed by atoms with E-state index in [-0.39, 0.29) is 5.04 Å². The van der Waals surface area contributed by atoms with Crippen LogP contribution in [0.1, 0.15) is 39.0 Å². The Labute approximate surface area is 122 Å². The van der Waals surface area contributed by atoms with E-state index >= 15 is 0 Å². The third-order valence-electron chi connectivity index (χ3n) is 3.84. The molecule has 0 saturated heterocycles. The molecule has 0 atom stereocenters. The van der Waals surface area contributed by atoms with Crippen molar-refractivity contribution >= 4 is 20.1 Å². The van der Waals surface area contributed by atoms with Crippen molar-refractivity contribution < 1.29 is 4.43 Å². The lowest BCUT2D eigenvalue weighted by Gasteiger charge is -2.36. The Balaban J connectivity index is 2.83. The van der Waals surface area contributed by atoms with Crippen LogP contribution in [0.25, 0.3) is 0 Å². The summed E-state index contributed by atoms with van der Waals surface area (Å²) >= 11 is 1.58. The van der Waals surface area contributed by atoms with Gasteiger partial charge in [0.1, 0.15) is 0 Å². The third kappa shape index (κ3) is 4.29. The number of hydrogen-bond acceptors (Lipinski definition) is 4. The van der Waals surface area contributed by atoms with Crippen LogP contribution in [-0.2, 0) is 17.5 Å². The molecule has 0 fully saturated rings. The zero-order chi connectivity index (χ0) is 14.7. The standard InChI is InChI=1S/C14H26N2OSSi/c1-8-12-11(9-15-13(16-12)18-5)10-17-19(6,7)14(2,3)4/h9H,8,10H2,1-7H3. The van der Waals surface area contributed by atoms with E-state index in [2.05, 4.69) is 50.8 Å². The molecule has 0 aromatic carbocycles. The number of thioether (sulfide) groups is 1. The monoisotopic (exact) mass is 298 g/mol. The second-order valence-electron chi connectivity index (χ2n) is 6.23. The predicted octanol–water partition coefficient (Wildman–Crippen LogP) is 4.28. The first kappa shape index (κ1) is 16.7. The van der Waals surface area contributed by atoms with Crippen LogP contribution >= 0.6 is 11.8 Å². The van der Waals surface area contributed by atoms with Gasteiger partial charge in [-0.1, -0.05) is 39.5 Å². The molecule has 0 radical (unpaired) electrons. The van der Waals surface area contributed by atoms with E-state index in [9.17, 15) is 0 Å². The van der Waals surface area contributed by atoms with E-state index in [1.807, 2.05) is 12.5 Å². The van der Waals surface area contributed by atoms with Crippen LogP contribution in [0.15, 0.2) is 11.4 Å². The lowest BCUT2D eigenvalue weighted by molar-refractivity contribution is 0.274. The van der Waals surface area contributed by atoms with Crippen LogP contribution in [0.2, 0.25) is 18.1 Å². The Morgan fingerprint density at radius 2 is 1.95 bits per heavy atom. The summed E-state index contributed by atoms with van der Waals surface area (Å²) < 4.78 is 6.25. The molecule has 19 heavy (non-hydrogen) atoms. The van der Waals surface area contributed by atoms with Crippen molar-refractivity contribution in [3.63, 3.8) is 0 Å². The average molecular weight is 299 g/mol. The highest BCUT2D eigenvalue weighted by atomic mass is 32.2. The van der Waals surface area contributed by atoms with Crippen LogP contribution < -0.4 is 0 Å². The lowest BCUT2D eigenvalue weighted by Crippen LogP contribution is -2.40. The molecule has 1 heterocycles. The normalized spacial score (nSPS) is 12.8. The summed E-state index contributed by atoms with van der Waals surface area (Å²) in [4.78, 5) is 8.92. The van der Waals surface area contributed by atoms with E-state index in [0.717, 1.165) is 22.8 Å². The zero-order valence-corrected chi connectivity index (χ0v) is 15.0. The molecule has 0 aliphatic rings. The second-order valence-corrected chi connectivity index (χ2v) is 11.8. The fraction of sp³-hybridized carbons (Fsp3) is 0.714. The first-order chi connectivity index (χ1) is 8.71. The summed E-state index contributed by atoms with van der Waals surface area (Å²) in [6.45, 7) is 14.1. The molecule has 1 aromatic rings. The van der Waals surface area contributed by atoms with Gasteiger partial charge < -0.3 is 4.43 Å². The summed E-state index contributed by atoms with van der Waals surface area (Å²) in [6.07, 6.45) is 4.84. The molecule has 0 bridgehead atoms. The molecule has 0 amide bonds. The summed E-state index contributed by atoms with van der Waals surface area (Å²) in [5.74, 6) is 0. The lowest BCUT2D eigenvalue weighted by atomic mass is 10.2. The van der Waals surface area contributed by atoms with Crippen molar-refractivity contribution in [3.05, 3.63) is 17.5 Å². The Morgan fingerprint density at radius 3 is 2.42 bits per heavy atom. The van der Waals surface area contributed by atoms with Gasteiger partial charge in [-0.05, 0) is 30.8 Å². The van der Waals surface area contributed by atoms with Crippen LogP contribution in [0, 0.1) is 0 Å². The highest BCUT2D eigenvalue weighted by molar-refractivity contribution is 7.98. The minimum absolute atomic E-state index is 0.236. The number of aryl methyl sites for hydroxylation is 1. The van der Waals surface area contributed by atoms with Gasteiger partial charge in [-0.25, -0.2) is 9.97 Å². The molecular formula is C14H26N2OSSi. The SMILES string of the molecule is CCc1nc(SC)ncc1CO[Si](C)(C)C(C)(C)C. The maximum Gasteiger partial charge on any atom is 0.192 e. The number of rotatable bonds is 5. The fourth-order valence-corrected chi connectivity index (χ4v) is 2.73. The van der Waals surface area contributed by atoms with Gasteiger partial charge in [-0.15, -0.1) is 0 Å². The topological polar surface area (TPSA) is 35.0 Å². The number of nitrogens with zero attached hydrogens (tertiary/aromatic N) is 2. The molecule has 0 aliphatic carbocycles. The van der Waals surface area contributed by atoms with E-state index in [0.29, 0.717) is 6.61 Å². The summed E-state index contributed by atoms with van der Waals surface area (Å²) in [5.41, 5.74) is 2.24. The van der Waals surface area contributed by atoms with Crippen molar-refractivity contribution in [2.45, 2.75) is 64.0 Å². The molecule has 0 N–H and O–H groups in total. The Hall–Kier alpha value is -0.393. The Kier molecular flexibility index (Phi) is 5.59. The van der Waals surface area contributed by atoms with Crippen LogP contribution in [-0.4, -0.2) is 24.5 Å². The first-order valence-corrected chi connectivity index (χ1v) is 10.9. The quantitative estimate of drug-likeness (QED) is 0.461. The Morgan fingerprint density at radius 1 is 1.32 bits per heavy atom. The summed E-state index contributed by atoms with van der Waals surface area (Å²) in [6, 6.07) is 0. The summed E-state index contributed by atoms with van der Waals surface area (Å²) in [5, 5.41) is 1.08. The van der Waals surface area contributed by atoms with Gasteiger partial charge in [0, 0.05) is 11.8 Å². The van der Waals surface area contributed by atoms with Crippen molar-refractivity contribution in [2.24, 2.45) is 0 Å². The number of hydrogen-bond donors (Lipinski definition) is 0. The van der Waals surface area contributed by atoms with Gasteiger partial charge in [-0.2, -0.15) is 0 Å². The van der Waals surface area contributed by atoms with Crippen LogP contribution in [0.5, 0.6) is 0 Å². The maximum absolute atomic E-state index is 6.25. The number of aromatic nitrogens is 2. The molecule has 1 aromatic heterocycles. The minimum atomic E-state index is -1.71. The third-order valence-corrected chi connectivity index (χ3v) is 8.88. The zero-order valence-electron chi connectivity index (χ0n) is 13.2. The first-order valence-electron chi connectivity index (χ1n) is 6.74. The maximum atomic E-state index is 6.25. The van der Waals surface area contributed by atoms with Crippen molar-refractivity contribution in [2.75, 3.05) is 6.26 Å². The molecule has 0 spiro atoms. The van der Waals surface area contributed by atoms with E-state index in [4.69, 9.17) is 4.43 Å².